The SMILES string of the molecule is COC(=O)/C=C/c1cn([C@H]2C[C@@H](OC)C(COP(C)(=O)O)O2)c(=O)[nH]c1=O. The van der Waals surface area contributed by atoms with Gasteiger partial charge in [0.1, 0.15) is 12.3 Å². The van der Waals surface area contributed by atoms with Gasteiger partial charge in [0, 0.05) is 32.5 Å². The summed E-state index contributed by atoms with van der Waals surface area (Å²) in [5.41, 5.74) is -1.34. The van der Waals surface area contributed by atoms with Crippen molar-refractivity contribution in [3.63, 3.8) is 0 Å². The Balaban J connectivity index is 2.25. The van der Waals surface area contributed by atoms with Crippen LogP contribution in [0.5, 0.6) is 0 Å². The Bertz CT molecular complexity index is 869. The molecule has 1 aliphatic rings. The van der Waals surface area contributed by atoms with Crippen molar-refractivity contribution in [3.05, 3.63) is 38.7 Å². The lowest BCUT2D eigenvalue weighted by Gasteiger charge is -2.18. The molecule has 0 bridgehead atoms. The van der Waals surface area contributed by atoms with Crippen LogP contribution in [-0.4, -0.2) is 60.1 Å². The van der Waals surface area contributed by atoms with E-state index in [0.29, 0.717) is 0 Å². The standard InChI is InChI=1S/C15H21N2O9P/c1-23-10-6-12(26-11(10)8-25-27(3,21)22)17-7-9(4-5-13(18)24-2)14(19)16-15(17)20/h4-5,7,10-12H,6,8H2,1-3H3,(H,21,22)(H,16,19,20)/b5-4+/t10-,11?,12-/m1/s1. The summed E-state index contributed by atoms with van der Waals surface area (Å²) in [6.45, 7) is 0.847. The van der Waals surface area contributed by atoms with Gasteiger partial charge in [-0.15, -0.1) is 0 Å². The van der Waals surface area contributed by atoms with Gasteiger partial charge in [0.15, 0.2) is 0 Å². The van der Waals surface area contributed by atoms with Crippen LogP contribution in [0.4, 0.5) is 0 Å². The summed E-state index contributed by atoms with van der Waals surface area (Å²) in [5.74, 6) is -0.658. The van der Waals surface area contributed by atoms with E-state index in [0.717, 1.165) is 17.3 Å². The number of rotatable bonds is 7. The lowest BCUT2D eigenvalue weighted by atomic mass is 10.2. The summed E-state index contributed by atoms with van der Waals surface area (Å²) in [6.07, 6.45) is 1.77. The number of nitrogens with one attached hydrogen (secondary N) is 1. The average Bonchev–Trinajstić information content (AvgIpc) is 3.01. The van der Waals surface area contributed by atoms with Crippen molar-refractivity contribution in [3.8, 4) is 0 Å². The first-order valence-corrected chi connectivity index (χ1v) is 9.91. The van der Waals surface area contributed by atoms with Gasteiger partial charge in [-0.3, -0.25) is 18.9 Å². The van der Waals surface area contributed by atoms with Crippen LogP contribution in [0.1, 0.15) is 18.2 Å². The fraction of sp³-hybridized carbons (Fsp3) is 0.533. The second kappa shape index (κ2) is 8.77. The summed E-state index contributed by atoms with van der Waals surface area (Å²) >= 11 is 0. The zero-order chi connectivity index (χ0) is 20.2. The van der Waals surface area contributed by atoms with Crippen molar-refractivity contribution in [2.75, 3.05) is 27.5 Å². The number of methoxy groups -OCH3 is 2. The Morgan fingerprint density at radius 2 is 2.19 bits per heavy atom. The van der Waals surface area contributed by atoms with Gasteiger partial charge in [0.2, 0.25) is 0 Å². The summed E-state index contributed by atoms with van der Waals surface area (Å²) in [7, 11) is -1.07. The van der Waals surface area contributed by atoms with Crippen molar-refractivity contribution in [2.24, 2.45) is 0 Å². The van der Waals surface area contributed by atoms with Crippen molar-refractivity contribution >= 4 is 19.6 Å². The first kappa shape index (κ1) is 21.3. The molecule has 0 amide bonds. The van der Waals surface area contributed by atoms with Crippen molar-refractivity contribution < 1.29 is 33.0 Å². The maximum absolute atomic E-state index is 12.1. The number of H-pyrrole nitrogens is 1. The molecule has 2 N–H and O–H groups in total. The quantitative estimate of drug-likeness (QED) is 0.360. The highest BCUT2D eigenvalue weighted by atomic mass is 31.2. The highest BCUT2D eigenvalue weighted by Gasteiger charge is 2.38. The van der Waals surface area contributed by atoms with E-state index in [-0.39, 0.29) is 18.6 Å². The molecule has 2 rings (SSSR count). The van der Waals surface area contributed by atoms with Crippen LogP contribution in [0.3, 0.4) is 0 Å². The summed E-state index contributed by atoms with van der Waals surface area (Å²) in [4.78, 5) is 46.6. The largest absolute Gasteiger partial charge is 0.466 e. The van der Waals surface area contributed by atoms with Gasteiger partial charge in [-0.1, -0.05) is 0 Å². The van der Waals surface area contributed by atoms with E-state index in [2.05, 4.69) is 9.72 Å². The number of aromatic amines is 1. The number of ether oxygens (including phenoxy) is 3. The number of nitrogens with zero attached hydrogens (tertiary/aromatic N) is 1. The Morgan fingerprint density at radius 3 is 2.78 bits per heavy atom. The number of esters is 1. The summed E-state index contributed by atoms with van der Waals surface area (Å²) in [6, 6.07) is 0. The maximum atomic E-state index is 12.1. The molecular formula is C15H21N2O9P. The number of hydrogen-bond donors (Lipinski definition) is 2. The van der Waals surface area contributed by atoms with Crippen LogP contribution < -0.4 is 11.2 Å². The Morgan fingerprint density at radius 1 is 1.48 bits per heavy atom. The molecule has 0 spiro atoms. The third kappa shape index (κ3) is 5.72. The minimum atomic E-state index is -3.70. The Labute approximate surface area is 154 Å². The molecule has 1 saturated heterocycles. The zero-order valence-corrected chi connectivity index (χ0v) is 15.9. The predicted octanol–water partition coefficient (Wildman–Crippen LogP) is -0.143. The smallest absolute Gasteiger partial charge is 0.330 e. The molecule has 0 radical (unpaired) electrons. The normalized spacial score (nSPS) is 24.8. The third-order valence-corrected chi connectivity index (χ3v) is 4.50. The van der Waals surface area contributed by atoms with Gasteiger partial charge in [-0.05, 0) is 6.08 Å². The molecule has 2 heterocycles. The summed E-state index contributed by atoms with van der Waals surface area (Å²) in [5, 5.41) is 0. The number of carbonyl (C=O) groups excluding carboxylic acids is 1. The molecule has 11 nitrogen and oxygen atoms in total. The zero-order valence-electron chi connectivity index (χ0n) is 15.0. The van der Waals surface area contributed by atoms with Crippen molar-refractivity contribution in [2.45, 2.75) is 24.9 Å². The minimum absolute atomic E-state index is 0.0469. The topological polar surface area (TPSA) is 146 Å². The van der Waals surface area contributed by atoms with E-state index < -0.39 is 43.2 Å². The van der Waals surface area contributed by atoms with Crippen LogP contribution in [-0.2, 0) is 28.1 Å². The average molecular weight is 404 g/mol. The van der Waals surface area contributed by atoms with Gasteiger partial charge in [0.25, 0.3) is 5.56 Å². The van der Waals surface area contributed by atoms with E-state index in [1.807, 2.05) is 0 Å². The van der Waals surface area contributed by atoms with E-state index in [4.69, 9.17) is 14.0 Å². The number of hydrogen-bond acceptors (Lipinski definition) is 8. The fourth-order valence-corrected chi connectivity index (χ4v) is 2.96. The van der Waals surface area contributed by atoms with Crippen molar-refractivity contribution in [1.82, 2.24) is 9.55 Å². The molecule has 1 fully saturated rings. The first-order chi connectivity index (χ1) is 12.6. The monoisotopic (exact) mass is 404 g/mol. The van der Waals surface area contributed by atoms with E-state index in [9.17, 15) is 23.8 Å². The van der Waals surface area contributed by atoms with Gasteiger partial charge < -0.3 is 23.6 Å². The van der Waals surface area contributed by atoms with Crippen LogP contribution >= 0.6 is 7.60 Å². The molecule has 0 aliphatic carbocycles. The van der Waals surface area contributed by atoms with E-state index in [1.54, 1.807) is 0 Å². The Hall–Kier alpha value is -2.04. The minimum Gasteiger partial charge on any atom is -0.466 e. The van der Waals surface area contributed by atoms with Crippen LogP contribution in [0.25, 0.3) is 6.08 Å². The van der Waals surface area contributed by atoms with Crippen LogP contribution in [0.2, 0.25) is 0 Å². The molecule has 4 atom stereocenters. The molecule has 0 saturated carbocycles. The molecule has 12 heteroatoms. The highest BCUT2D eigenvalue weighted by molar-refractivity contribution is 7.51. The van der Waals surface area contributed by atoms with E-state index >= 15 is 0 Å². The van der Waals surface area contributed by atoms with Crippen LogP contribution in [0.15, 0.2) is 21.9 Å². The molecule has 27 heavy (non-hydrogen) atoms. The molecular weight excluding hydrogens is 383 g/mol. The molecule has 150 valence electrons. The lowest BCUT2D eigenvalue weighted by molar-refractivity contribution is -0.134. The van der Waals surface area contributed by atoms with E-state index in [1.165, 1.54) is 26.5 Å². The Kier molecular flexibility index (Phi) is 6.90. The number of aromatic nitrogens is 2. The predicted molar refractivity (Wildman–Crippen MR) is 93.4 cm³/mol. The van der Waals surface area contributed by atoms with Crippen molar-refractivity contribution in [1.29, 1.82) is 0 Å². The lowest BCUT2D eigenvalue weighted by Crippen LogP contribution is -2.33. The fourth-order valence-electron chi connectivity index (χ4n) is 2.54. The highest BCUT2D eigenvalue weighted by Crippen LogP contribution is 2.39. The first-order valence-electron chi connectivity index (χ1n) is 7.89. The maximum Gasteiger partial charge on any atom is 0.330 e. The van der Waals surface area contributed by atoms with Crippen LogP contribution in [0, 0.1) is 0 Å². The second-order valence-corrected chi connectivity index (χ2v) is 7.71. The van der Waals surface area contributed by atoms with Gasteiger partial charge in [-0.2, -0.15) is 0 Å². The molecule has 1 aromatic heterocycles. The number of carbonyl (C=O) groups is 1. The van der Waals surface area contributed by atoms with Gasteiger partial charge in [0.05, 0.1) is 25.4 Å². The molecule has 1 aliphatic heterocycles. The molecule has 1 aromatic rings. The van der Waals surface area contributed by atoms with Gasteiger partial charge >= 0.3 is 19.3 Å². The second-order valence-electron chi connectivity index (χ2n) is 5.85. The third-order valence-electron chi connectivity index (χ3n) is 3.87. The molecule has 2 unspecified atom stereocenters. The molecule has 0 aromatic carbocycles. The van der Waals surface area contributed by atoms with Gasteiger partial charge in [-0.25, -0.2) is 9.59 Å². The summed E-state index contributed by atoms with van der Waals surface area (Å²) < 4.78 is 32.8.